The molecule has 0 bridgehead atoms. The molecule has 2 aromatic heterocycles. The molecule has 1 aliphatic heterocycles. The number of rotatable bonds is 4. The molecule has 0 radical (unpaired) electrons. The van der Waals surface area contributed by atoms with Crippen LogP contribution in [0.1, 0.15) is 23.2 Å². The van der Waals surface area contributed by atoms with E-state index in [0.29, 0.717) is 28.7 Å². The maximum absolute atomic E-state index is 13.1. The van der Waals surface area contributed by atoms with Gasteiger partial charge in [-0.25, -0.2) is 4.98 Å². The highest BCUT2D eigenvalue weighted by molar-refractivity contribution is 6.07. The second-order valence-corrected chi connectivity index (χ2v) is 8.04. The SMILES string of the molecule is O=C(NCCN1CCC(O)CC1)c1cccn2c(=O)c3ccc4ccccc4c3nc12. The molecular formula is C24H24N4O3. The fraction of sp³-hybridized carbons (Fsp3) is 0.292. The molecule has 5 rings (SSSR count). The van der Waals surface area contributed by atoms with E-state index in [1.54, 1.807) is 24.4 Å². The van der Waals surface area contributed by atoms with Crippen molar-refractivity contribution in [3.05, 3.63) is 70.6 Å². The zero-order valence-electron chi connectivity index (χ0n) is 17.1. The van der Waals surface area contributed by atoms with Gasteiger partial charge in [-0.1, -0.05) is 30.3 Å². The molecule has 7 heteroatoms. The van der Waals surface area contributed by atoms with E-state index >= 15 is 0 Å². The van der Waals surface area contributed by atoms with Crippen molar-refractivity contribution in [1.82, 2.24) is 19.6 Å². The van der Waals surface area contributed by atoms with E-state index in [1.165, 1.54) is 4.40 Å². The number of carbonyl (C=O) groups is 1. The highest BCUT2D eigenvalue weighted by Crippen LogP contribution is 2.23. The first-order valence-corrected chi connectivity index (χ1v) is 10.6. The van der Waals surface area contributed by atoms with Gasteiger partial charge in [-0.05, 0) is 36.4 Å². The van der Waals surface area contributed by atoms with E-state index in [-0.39, 0.29) is 17.6 Å². The second kappa shape index (κ2) is 8.09. The van der Waals surface area contributed by atoms with Crippen LogP contribution in [0.2, 0.25) is 0 Å². The topological polar surface area (TPSA) is 86.9 Å². The standard InChI is InChI=1S/C24H24N4O3/c29-17-9-13-27(14-10-17)15-11-25-23(30)20-6-3-12-28-22(20)26-21-18-5-2-1-4-16(18)7-8-19(21)24(28)31/h1-8,12,17,29H,9-11,13-15H2,(H,25,30). The summed E-state index contributed by atoms with van der Waals surface area (Å²) in [5, 5.41) is 15.0. The minimum absolute atomic E-state index is 0.188. The Morgan fingerprint density at radius 2 is 1.87 bits per heavy atom. The lowest BCUT2D eigenvalue weighted by Gasteiger charge is -2.29. The number of carbonyl (C=O) groups excluding carboxylic acids is 1. The van der Waals surface area contributed by atoms with E-state index in [0.717, 1.165) is 43.2 Å². The van der Waals surface area contributed by atoms with Gasteiger partial charge in [0.25, 0.3) is 11.5 Å². The normalized spacial score (nSPS) is 15.6. The van der Waals surface area contributed by atoms with Crippen LogP contribution in [0, 0.1) is 0 Å². The second-order valence-electron chi connectivity index (χ2n) is 8.04. The van der Waals surface area contributed by atoms with Gasteiger partial charge >= 0.3 is 0 Å². The van der Waals surface area contributed by atoms with Gasteiger partial charge in [0.2, 0.25) is 0 Å². The van der Waals surface area contributed by atoms with Crippen molar-refractivity contribution in [3.63, 3.8) is 0 Å². The Kier molecular flexibility index (Phi) is 5.13. The van der Waals surface area contributed by atoms with Gasteiger partial charge in [-0.15, -0.1) is 0 Å². The molecule has 4 aromatic rings. The van der Waals surface area contributed by atoms with Crippen molar-refractivity contribution in [2.45, 2.75) is 18.9 Å². The Morgan fingerprint density at radius 3 is 2.71 bits per heavy atom. The number of nitrogens with zero attached hydrogens (tertiary/aromatic N) is 3. The summed E-state index contributed by atoms with van der Waals surface area (Å²) in [6.45, 7) is 2.89. The van der Waals surface area contributed by atoms with Gasteiger partial charge < -0.3 is 15.3 Å². The van der Waals surface area contributed by atoms with Crippen LogP contribution in [-0.4, -0.2) is 57.6 Å². The quantitative estimate of drug-likeness (QED) is 0.393. The summed E-state index contributed by atoms with van der Waals surface area (Å²) in [4.78, 5) is 33.0. The first-order valence-electron chi connectivity index (χ1n) is 10.6. The molecule has 3 heterocycles. The Hall–Kier alpha value is -3.29. The number of aromatic nitrogens is 2. The molecule has 1 fully saturated rings. The maximum Gasteiger partial charge on any atom is 0.265 e. The first-order chi connectivity index (χ1) is 15.1. The highest BCUT2D eigenvalue weighted by Gasteiger charge is 2.18. The molecule has 2 aromatic carbocycles. The summed E-state index contributed by atoms with van der Waals surface area (Å²) in [6, 6.07) is 14.9. The van der Waals surface area contributed by atoms with E-state index in [2.05, 4.69) is 10.2 Å². The minimum Gasteiger partial charge on any atom is -0.393 e. The van der Waals surface area contributed by atoms with Crippen molar-refractivity contribution in [3.8, 4) is 0 Å². The smallest absolute Gasteiger partial charge is 0.265 e. The van der Waals surface area contributed by atoms with Crippen molar-refractivity contribution < 1.29 is 9.90 Å². The monoisotopic (exact) mass is 416 g/mol. The van der Waals surface area contributed by atoms with Gasteiger partial charge in [-0.2, -0.15) is 0 Å². The molecule has 0 saturated carbocycles. The van der Waals surface area contributed by atoms with Gasteiger partial charge in [0.1, 0.15) is 0 Å². The van der Waals surface area contributed by atoms with Crippen molar-refractivity contribution in [1.29, 1.82) is 0 Å². The summed E-state index contributed by atoms with van der Waals surface area (Å²) < 4.78 is 1.44. The van der Waals surface area contributed by atoms with Crippen LogP contribution in [0.3, 0.4) is 0 Å². The fourth-order valence-corrected chi connectivity index (χ4v) is 4.30. The number of fused-ring (bicyclic) bond motifs is 4. The van der Waals surface area contributed by atoms with E-state index in [1.807, 2.05) is 30.3 Å². The number of aliphatic hydroxyl groups excluding tert-OH is 1. The van der Waals surface area contributed by atoms with Crippen LogP contribution < -0.4 is 10.9 Å². The van der Waals surface area contributed by atoms with Crippen molar-refractivity contribution in [2.75, 3.05) is 26.2 Å². The third kappa shape index (κ3) is 3.66. The lowest BCUT2D eigenvalue weighted by atomic mass is 10.1. The fourth-order valence-electron chi connectivity index (χ4n) is 4.30. The predicted octanol–water partition coefficient (Wildman–Crippen LogP) is 2.19. The van der Waals surface area contributed by atoms with Crippen LogP contribution in [0.5, 0.6) is 0 Å². The average molecular weight is 416 g/mol. The van der Waals surface area contributed by atoms with Crippen LogP contribution in [-0.2, 0) is 0 Å². The third-order valence-corrected chi connectivity index (χ3v) is 6.05. The summed E-state index contributed by atoms with van der Waals surface area (Å²) in [6.07, 6.45) is 2.97. The zero-order valence-corrected chi connectivity index (χ0v) is 17.1. The van der Waals surface area contributed by atoms with E-state index in [9.17, 15) is 14.7 Å². The highest BCUT2D eigenvalue weighted by atomic mass is 16.3. The number of amides is 1. The number of hydrogen-bond acceptors (Lipinski definition) is 5. The summed E-state index contributed by atoms with van der Waals surface area (Å²) in [5.74, 6) is -0.248. The first kappa shape index (κ1) is 19.7. The molecule has 2 N–H and O–H groups in total. The number of pyridine rings is 1. The molecule has 1 saturated heterocycles. The number of piperidine rings is 1. The lowest BCUT2D eigenvalue weighted by molar-refractivity contribution is 0.0804. The zero-order chi connectivity index (χ0) is 21.4. The van der Waals surface area contributed by atoms with Gasteiger partial charge in [0, 0.05) is 37.8 Å². The van der Waals surface area contributed by atoms with Crippen LogP contribution in [0.15, 0.2) is 59.5 Å². The summed E-state index contributed by atoms with van der Waals surface area (Å²) in [7, 11) is 0. The molecule has 0 spiro atoms. The number of nitrogens with one attached hydrogen (secondary N) is 1. The Morgan fingerprint density at radius 1 is 1.06 bits per heavy atom. The van der Waals surface area contributed by atoms with Crippen LogP contribution in [0.25, 0.3) is 27.3 Å². The van der Waals surface area contributed by atoms with Crippen molar-refractivity contribution >= 4 is 33.2 Å². The van der Waals surface area contributed by atoms with Gasteiger partial charge in [-0.3, -0.25) is 14.0 Å². The molecule has 158 valence electrons. The van der Waals surface area contributed by atoms with Crippen LogP contribution in [0.4, 0.5) is 0 Å². The Labute approximate surface area is 178 Å². The molecule has 7 nitrogen and oxygen atoms in total. The molecule has 0 unspecified atom stereocenters. The molecule has 0 aliphatic carbocycles. The molecule has 1 aliphatic rings. The van der Waals surface area contributed by atoms with E-state index in [4.69, 9.17) is 4.98 Å². The average Bonchev–Trinajstić information content (AvgIpc) is 2.80. The molecule has 31 heavy (non-hydrogen) atoms. The van der Waals surface area contributed by atoms with Crippen molar-refractivity contribution in [2.24, 2.45) is 0 Å². The number of likely N-dealkylation sites (tertiary alicyclic amines) is 1. The minimum atomic E-state index is -0.248. The van der Waals surface area contributed by atoms with Gasteiger partial charge in [0.05, 0.1) is 22.6 Å². The Bertz CT molecular complexity index is 1340. The maximum atomic E-state index is 13.1. The molecule has 0 atom stereocenters. The largest absolute Gasteiger partial charge is 0.393 e. The number of aliphatic hydroxyl groups is 1. The molecular weight excluding hydrogens is 392 g/mol. The molecule has 1 amide bonds. The van der Waals surface area contributed by atoms with Crippen LogP contribution >= 0.6 is 0 Å². The lowest BCUT2D eigenvalue weighted by Crippen LogP contribution is -2.40. The number of hydrogen-bond donors (Lipinski definition) is 2. The third-order valence-electron chi connectivity index (χ3n) is 6.05. The summed E-state index contributed by atoms with van der Waals surface area (Å²) >= 11 is 0. The Balaban J connectivity index is 1.48. The van der Waals surface area contributed by atoms with Gasteiger partial charge in [0.15, 0.2) is 5.65 Å². The number of benzene rings is 2. The van der Waals surface area contributed by atoms with E-state index < -0.39 is 0 Å². The summed E-state index contributed by atoms with van der Waals surface area (Å²) in [5.41, 5.74) is 1.15. The predicted molar refractivity (Wildman–Crippen MR) is 120 cm³/mol.